The van der Waals surface area contributed by atoms with E-state index in [2.05, 4.69) is 5.32 Å². The summed E-state index contributed by atoms with van der Waals surface area (Å²) in [6.45, 7) is 9.42. The molecule has 0 spiro atoms. The van der Waals surface area contributed by atoms with E-state index >= 15 is 0 Å². The smallest absolute Gasteiger partial charge is 0.342 e. The number of rotatable bonds is 7. The topological polar surface area (TPSA) is 75.6 Å². The van der Waals surface area contributed by atoms with Gasteiger partial charge >= 0.3 is 5.97 Å². The predicted octanol–water partition coefficient (Wildman–Crippen LogP) is 4.73. The zero-order chi connectivity index (χ0) is 20.1. The van der Waals surface area contributed by atoms with Crippen LogP contribution in [-0.2, 0) is 9.53 Å². The van der Waals surface area contributed by atoms with E-state index in [0.29, 0.717) is 5.56 Å². The normalized spacial score (nSPS) is 12.3. The fourth-order valence-electron chi connectivity index (χ4n) is 2.71. The SMILES string of the molecule is CC(C)c1cc(C(=O)OCC(=O)NC(C)c2cccs2)c(O)c(C(C)C)c1. The minimum atomic E-state index is -0.698. The summed E-state index contributed by atoms with van der Waals surface area (Å²) in [7, 11) is 0. The second-order valence-electron chi connectivity index (χ2n) is 7.20. The Morgan fingerprint density at radius 1 is 1.15 bits per heavy atom. The van der Waals surface area contributed by atoms with Crippen LogP contribution in [0.3, 0.4) is 0 Å². The van der Waals surface area contributed by atoms with E-state index in [1.54, 1.807) is 17.4 Å². The summed E-state index contributed by atoms with van der Waals surface area (Å²) in [5.41, 5.74) is 1.74. The first kappa shape index (κ1) is 21.0. The second kappa shape index (κ2) is 9.04. The van der Waals surface area contributed by atoms with Crippen molar-refractivity contribution in [1.29, 1.82) is 0 Å². The van der Waals surface area contributed by atoms with Crippen molar-refractivity contribution in [2.24, 2.45) is 0 Å². The van der Waals surface area contributed by atoms with E-state index in [-0.39, 0.29) is 35.1 Å². The van der Waals surface area contributed by atoms with Crippen molar-refractivity contribution in [3.05, 3.63) is 51.2 Å². The summed E-state index contributed by atoms with van der Waals surface area (Å²) in [6, 6.07) is 7.25. The number of phenolic OH excluding ortho intramolecular Hbond substituents is 1. The van der Waals surface area contributed by atoms with Crippen LogP contribution in [0.2, 0.25) is 0 Å². The van der Waals surface area contributed by atoms with Gasteiger partial charge in [-0.25, -0.2) is 4.79 Å². The van der Waals surface area contributed by atoms with E-state index < -0.39 is 12.6 Å². The van der Waals surface area contributed by atoms with Gasteiger partial charge in [-0.2, -0.15) is 0 Å². The Kier molecular flexibility index (Phi) is 7.02. The van der Waals surface area contributed by atoms with Crippen LogP contribution in [0.1, 0.15) is 78.9 Å². The number of hydrogen-bond donors (Lipinski definition) is 2. The fourth-order valence-corrected chi connectivity index (χ4v) is 3.44. The van der Waals surface area contributed by atoms with E-state index in [4.69, 9.17) is 4.74 Å². The molecule has 6 heteroatoms. The van der Waals surface area contributed by atoms with Crippen molar-refractivity contribution in [2.75, 3.05) is 6.61 Å². The lowest BCUT2D eigenvalue weighted by Gasteiger charge is -2.17. The number of amides is 1. The van der Waals surface area contributed by atoms with Crippen molar-refractivity contribution in [2.45, 2.75) is 52.5 Å². The number of esters is 1. The van der Waals surface area contributed by atoms with E-state index in [1.807, 2.05) is 58.2 Å². The third kappa shape index (κ3) is 5.32. The van der Waals surface area contributed by atoms with Gasteiger partial charge in [-0.3, -0.25) is 4.79 Å². The molecule has 1 amide bonds. The van der Waals surface area contributed by atoms with Crippen molar-refractivity contribution >= 4 is 23.2 Å². The zero-order valence-corrected chi connectivity index (χ0v) is 17.2. The largest absolute Gasteiger partial charge is 0.507 e. The van der Waals surface area contributed by atoms with Crippen LogP contribution in [0.15, 0.2) is 29.6 Å². The number of aromatic hydroxyl groups is 1. The molecule has 0 aliphatic carbocycles. The monoisotopic (exact) mass is 389 g/mol. The average Bonchev–Trinajstić information content (AvgIpc) is 3.14. The summed E-state index contributed by atoms with van der Waals surface area (Å²) in [4.78, 5) is 25.6. The third-order valence-electron chi connectivity index (χ3n) is 4.35. The Morgan fingerprint density at radius 2 is 1.85 bits per heavy atom. The molecule has 0 aliphatic rings. The molecule has 1 aromatic carbocycles. The van der Waals surface area contributed by atoms with Crippen LogP contribution in [0.25, 0.3) is 0 Å². The van der Waals surface area contributed by atoms with Crippen molar-refractivity contribution in [1.82, 2.24) is 5.32 Å². The summed E-state index contributed by atoms with van der Waals surface area (Å²) in [6.07, 6.45) is 0. The Morgan fingerprint density at radius 3 is 2.41 bits per heavy atom. The maximum Gasteiger partial charge on any atom is 0.342 e. The van der Waals surface area contributed by atoms with Gasteiger partial charge in [0.25, 0.3) is 5.91 Å². The molecule has 2 aromatic rings. The maximum atomic E-state index is 12.5. The van der Waals surface area contributed by atoms with Gasteiger partial charge in [-0.15, -0.1) is 11.3 Å². The highest BCUT2D eigenvalue weighted by Crippen LogP contribution is 2.33. The average molecular weight is 390 g/mol. The number of carbonyl (C=O) groups is 2. The van der Waals surface area contributed by atoms with E-state index in [0.717, 1.165) is 10.4 Å². The first-order valence-electron chi connectivity index (χ1n) is 9.07. The highest BCUT2D eigenvalue weighted by atomic mass is 32.1. The third-order valence-corrected chi connectivity index (χ3v) is 5.41. The molecule has 0 saturated heterocycles. The van der Waals surface area contributed by atoms with Gasteiger partial charge in [0, 0.05) is 4.88 Å². The maximum absolute atomic E-state index is 12.5. The summed E-state index contributed by atoms with van der Waals surface area (Å²) in [5.74, 6) is -0.898. The Bertz CT molecular complexity index is 797. The van der Waals surface area contributed by atoms with Gasteiger partial charge in [-0.05, 0) is 47.4 Å². The molecular formula is C21H27NO4S. The zero-order valence-electron chi connectivity index (χ0n) is 16.4. The van der Waals surface area contributed by atoms with Crippen LogP contribution < -0.4 is 5.32 Å². The number of hydrogen-bond acceptors (Lipinski definition) is 5. The lowest BCUT2D eigenvalue weighted by Crippen LogP contribution is -2.30. The van der Waals surface area contributed by atoms with Gasteiger partial charge in [0.2, 0.25) is 0 Å². The molecule has 1 unspecified atom stereocenters. The molecule has 0 fully saturated rings. The van der Waals surface area contributed by atoms with Gasteiger partial charge in [0.15, 0.2) is 6.61 Å². The first-order chi connectivity index (χ1) is 12.7. The van der Waals surface area contributed by atoms with Gasteiger partial charge in [0.1, 0.15) is 11.3 Å². The van der Waals surface area contributed by atoms with Crippen LogP contribution in [0, 0.1) is 0 Å². The number of phenols is 1. The Balaban J connectivity index is 2.07. The molecule has 1 aromatic heterocycles. The molecule has 5 nitrogen and oxygen atoms in total. The Labute approximate surface area is 164 Å². The highest BCUT2D eigenvalue weighted by molar-refractivity contribution is 7.10. The van der Waals surface area contributed by atoms with E-state index in [9.17, 15) is 14.7 Å². The van der Waals surface area contributed by atoms with Crippen molar-refractivity contribution in [3.8, 4) is 5.75 Å². The molecule has 0 radical (unpaired) electrons. The molecule has 0 aliphatic heterocycles. The molecule has 2 N–H and O–H groups in total. The van der Waals surface area contributed by atoms with Gasteiger partial charge in [-0.1, -0.05) is 39.8 Å². The fraction of sp³-hybridized carbons (Fsp3) is 0.429. The number of benzene rings is 1. The molecule has 2 rings (SSSR count). The first-order valence-corrected chi connectivity index (χ1v) is 9.95. The summed E-state index contributed by atoms with van der Waals surface area (Å²) in [5, 5.41) is 15.2. The van der Waals surface area contributed by atoms with Crippen LogP contribution in [0.4, 0.5) is 0 Å². The molecule has 27 heavy (non-hydrogen) atoms. The Hall–Kier alpha value is -2.34. The number of nitrogens with one attached hydrogen (secondary N) is 1. The summed E-state index contributed by atoms with van der Waals surface area (Å²) < 4.78 is 5.15. The van der Waals surface area contributed by atoms with Crippen LogP contribution in [-0.4, -0.2) is 23.6 Å². The van der Waals surface area contributed by atoms with E-state index in [1.165, 1.54) is 0 Å². The molecule has 0 bridgehead atoms. The summed E-state index contributed by atoms with van der Waals surface area (Å²) >= 11 is 1.55. The molecule has 1 atom stereocenters. The lowest BCUT2D eigenvalue weighted by molar-refractivity contribution is -0.124. The number of ether oxygens (including phenoxy) is 1. The minimum absolute atomic E-state index is 0.0604. The molecule has 1 heterocycles. The van der Waals surface area contributed by atoms with Crippen LogP contribution in [0.5, 0.6) is 5.75 Å². The predicted molar refractivity (Wildman–Crippen MR) is 107 cm³/mol. The number of carbonyl (C=O) groups excluding carboxylic acids is 2. The molecule has 0 saturated carbocycles. The lowest BCUT2D eigenvalue weighted by atomic mass is 9.92. The van der Waals surface area contributed by atoms with Gasteiger partial charge in [0.05, 0.1) is 6.04 Å². The minimum Gasteiger partial charge on any atom is -0.507 e. The molecular weight excluding hydrogens is 362 g/mol. The second-order valence-corrected chi connectivity index (χ2v) is 8.18. The van der Waals surface area contributed by atoms with Gasteiger partial charge < -0.3 is 15.2 Å². The van der Waals surface area contributed by atoms with Crippen molar-refractivity contribution < 1.29 is 19.4 Å². The number of thiophene rings is 1. The van der Waals surface area contributed by atoms with Crippen molar-refractivity contribution in [3.63, 3.8) is 0 Å². The van der Waals surface area contributed by atoms with Crippen LogP contribution >= 0.6 is 11.3 Å². The highest BCUT2D eigenvalue weighted by Gasteiger charge is 2.21. The quantitative estimate of drug-likeness (QED) is 0.671. The molecule has 146 valence electrons. The standard InChI is InChI=1S/C21H27NO4S/c1-12(2)15-9-16(13(3)4)20(24)17(10-15)21(25)26-11-19(23)22-14(5)18-7-6-8-27-18/h6-10,12-14,24H,11H2,1-5H3,(H,22,23).